The molecule has 13 N–H and O–H groups in total. The first-order valence-corrected chi connectivity index (χ1v) is 43.7. The van der Waals surface area contributed by atoms with Gasteiger partial charge < -0.3 is 47.8 Å². The van der Waals surface area contributed by atoms with Gasteiger partial charge >= 0.3 is 0 Å². The predicted octanol–water partition coefficient (Wildman–Crippen LogP) is 13.5. The molecule has 4 aliphatic carbocycles. The van der Waals surface area contributed by atoms with E-state index in [0.717, 1.165) is 107 Å². The Bertz CT molecular complexity index is 6160. The molecule has 31 nitrogen and oxygen atoms in total. The summed E-state index contributed by atoms with van der Waals surface area (Å²) in [6, 6.07) is 41.3. The summed E-state index contributed by atoms with van der Waals surface area (Å²) in [4.78, 5) is 93.3. The van der Waals surface area contributed by atoms with E-state index in [1.54, 1.807) is 135 Å². The van der Waals surface area contributed by atoms with E-state index in [-0.39, 0.29) is 80.4 Å². The normalized spacial score (nSPS) is 18.2. The second kappa shape index (κ2) is 39.2. The van der Waals surface area contributed by atoms with E-state index in [0.29, 0.717) is 115 Å². The Hall–Kier alpha value is -12.5. The van der Waals surface area contributed by atoms with Crippen molar-refractivity contribution in [2.24, 2.45) is 17.6 Å². The monoisotopic (exact) mass is 1720 g/mol. The van der Waals surface area contributed by atoms with Crippen LogP contribution in [0.5, 0.6) is 0 Å². The van der Waals surface area contributed by atoms with Crippen molar-refractivity contribution in [2.75, 3.05) is 22.2 Å². The van der Waals surface area contributed by atoms with Crippen LogP contribution in [0.25, 0.3) is 50.6 Å². The van der Waals surface area contributed by atoms with Crippen LogP contribution in [0.4, 0.5) is 34.9 Å². The van der Waals surface area contributed by atoms with E-state index in [4.69, 9.17) is 26.1 Å². The van der Waals surface area contributed by atoms with Crippen molar-refractivity contribution >= 4 is 95.3 Å². The van der Waals surface area contributed by atoms with Gasteiger partial charge in [0.2, 0.25) is 23.8 Å². The van der Waals surface area contributed by atoms with Crippen molar-refractivity contribution < 1.29 is 29.8 Å². The Morgan fingerprint density at radius 3 is 1.02 bits per heavy atom. The van der Waals surface area contributed by atoms with Crippen molar-refractivity contribution in [2.45, 2.75) is 213 Å². The molecule has 4 saturated carbocycles. The van der Waals surface area contributed by atoms with Crippen molar-refractivity contribution in [3.8, 4) is 17.5 Å². The van der Waals surface area contributed by atoms with Gasteiger partial charge in [0, 0.05) is 75.5 Å². The molecule has 9 aromatic heterocycles. The zero-order valence-corrected chi connectivity index (χ0v) is 71.4. The van der Waals surface area contributed by atoms with E-state index in [1.165, 1.54) is 49.3 Å². The molecular weight excluding hydrogens is 1600 g/mol. The standard InChI is InChI=1S/C32H37N7O3.C30H37N7O3S.C29H34N8O2.2CH4.H2O/c1-4-18-38-30(41)25-19-33-31(37-28(25)39(38)27-7-5-6-26(36-27)32(2,3)42)35-24-14-12-21(13-15-24)20-8-10-22(11-9-20)29(40)34-23-16-17-23;1-6-18-36-28(38)24-19-31-29(34-27(24)37(36)26-9-7-8-25(33-26)30(2,3)39)32-22-14-10-20(11-15-22)21-12-16-23(17-13-21)35-41(4,5)40;1-4-16-36-27(38)22-17-32-28(35-26(22)37(36)24-7-5-6-23(34-24)29(2,3)39)33-21-14-12-19(13-15-21)18-8-10-20(11-9-18)25(30)31;;;/h4-7,12-15,19-20,22-23,42H,1,8-11,16-18H2,2-3H3,(H,34,40)(H,33,35,37);6-11,14-15,19,21,23,39H,1,4,12-13,16-18H2,2-3,5H3,(H,35,40)(H,31,32,34);4-7,12-15,17-18,20,39H,1,8-11,16H2,2-3H3,(H3,30,31)(H,32,33,35);2*1H4;1H2. The third kappa shape index (κ3) is 21.8. The van der Waals surface area contributed by atoms with Crippen LogP contribution < -0.4 is 48.4 Å². The first-order chi connectivity index (χ1) is 58.3. The molecule has 3 aromatic carbocycles. The minimum Gasteiger partial charge on any atom is -0.412 e. The van der Waals surface area contributed by atoms with Crippen LogP contribution in [0.3, 0.4) is 0 Å². The first kappa shape index (κ1) is 93.2. The summed E-state index contributed by atoms with van der Waals surface area (Å²) in [6.07, 6.45) is 25.2. The van der Waals surface area contributed by atoms with Crippen LogP contribution in [-0.2, 0) is 50.9 Å². The molecule has 9 heterocycles. The van der Waals surface area contributed by atoms with Gasteiger partial charge in [-0.2, -0.15) is 15.0 Å². The lowest BCUT2D eigenvalue weighted by atomic mass is 9.78. The zero-order valence-electron chi connectivity index (χ0n) is 70.6. The molecule has 1 amide bonds. The molecule has 660 valence electrons. The van der Waals surface area contributed by atoms with Crippen molar-refractivity contribution in [3.63, 3.8) is 0 Å². The summed E-state index contributed by atoms with van der Waals surface area (Å²) in [5, 5.41) is 53.2. The van der Waals surface area contributed by atoms with Crippen LogP contribution in [0.15, 0.2) is 198 Å². The van der Waals surface area contributed by atoms with Gasteiger partial charge in [0.25, 0.3) is 16.7 Å². The van der Waals surface area contributed by atoms with Gasteiger partial charge in [-0.15, -0.1) is 19.7 Å². The average molecular weight is 1720 g/mol. The third-order valence-electron chi connectivity index (χ3n) is 22.9. The van der Waals surface area contributed by atoms with Crippen LogP contribution in [-0.4, -0.2) is 134 Å². The number of amides is 1. The van der Waals surface area contributed by atoms with Gasteiger partial charge in [0.1, 0.15) is 33.0 Å². The number of nitrogens with one attached hydrogen (secondary N) is 6. The van der Waals surface area contributed by atoms with Crippen molar-refractivity contribution in [3.05, 3.63) is 249 Å². The first-order valence-electron chi connectivity index (χ1n) is 41.5. The van der Waals surface area contributed by atoms with Gasteiger partial charge in [-0.05, 0) is 245 Å². The lowest BCUT2D eigenvalue weighted by Gasteiger charge is -2.29. The lowest BCUT2D eigenvalue weighted by molar-refractivity contribution is -0.126. The molecule has 12 aromatic rings. The zero-order chi connectivity index (χ0) is 86.5. The largest absolute Gasteiger partial charge is 0.412 e. The summed E-state index contributed by atoms with van der Waals surface area (Å²) in [5.41, 5.74) is 10.4. The number of hydrogen-bond donors (Lipinski definition) is 10. The lowest BCUT2D eigenvalue weighted by Crippen LogP contribution is -2.36. The maximum Gasteiger partial charge on any atom is 0.278 e. The molecule has 4 aliphatic rings. The number of hydrogen-bond acceptors (Lipinski definition) is 21. The Morgan fingerprint density at radius 1 is 0.464 bits per heavy atom. The van der Waals surface area contributed by atoms with Crippen molar-refractivity contribution in [1.29, 1.82) is 5.41 Å². The van der Waals surface area contributed by atoms with Crippen LogP contribution in [0, 0.1) is 17.2 Å². The number of anilines is 6. The summed E-state index contributed by atoms with van der Waals surface area (Å²) in [5.74, 6) is 8.37. The maximum atomic E-state index is 13.3. The number of nitrogens with two attached hydrogens (primary N) is 1. The summed E-state index contributed by atoms with van der Waals surface area (Å²) < 4.78 is 24.6. The quantitative estimate of drug-likeness (QED) is 0.0104. The van der Waals surface area contributed by atoms with E-state index >= 15 is 0 Å². The van der Waals surface area contributed by atoms with Gasteiger partial charge in [0.05, 0.1) is 42.6 Å². The van der Waals surface area contributed by atoms with Gasteiger partial charge in [-0.25, -0.2) is 62.7 Å². The van der Waals surface area contributed by atoms with E-state index < -0.39 is 26.5 Å². The second-order valence-corrected chi connectivity index (χ2v) is 36.1. The average Bonchev–Trinajstić information content (AvgIpc) is 1.61. The van der Waals surface area contributed by atoms with Gasteiger partial charge in [-0.3, -0.25) is 28.8 Å². The molecule has 32 heteroatoms. The number of allylic oxidation sites excluding steroid dienone is 3. The van der Waals surface area contributed by atoms with Crippen LogP contribution in [0.2, 0.25) is 0 Å². The molecule has 0 aliphatic heterocycles. The van der Waals surface area contributed by atoms with Gasteiger partial charge in [-0.1, -0.05) is 87.7 Å². The third-order valence-corrected chi connectivity index (χ3v) is 23.7. The fraction of sp³-hybridized carbons (Fsp3) is 0.387. The Kier molecular flexibility index (Phi) is 29.2. The molecule has 16 rings (SSSR count). The number of carbonyl (C=O) groups is 1. The molecule has 4 fully saturated rings. The van der Waals surface area contributed by atoms with Crippen molar-refractivity contribution in [1.82, 2.24) is 83.0 Å². The molecule has 1 atom stereocenters. The molecule has 1 unspecified atom stereocenters. The topological polar surface area (TPSA) is 433 Å². The highest BCUT2D eigenvalue weighted by Gasteiger charge is 2.33. The van der Waals surface area contributed by atoms with Crippen LogP contribution >= 0.6 is 0 Å². The molecule has 0 radical (unpaired) electrons. The van der Waals surface area contributed by atoms with E-state index in [9.17, 15) is 38.7 Å². The SMILES string of the molecule is C.C.C=CCn1c(=O)c2cnc(Nc3ccc(C4CCC(C(=N)N)CC4)cc3)nc2n1-c1cccc(C(C)(C)O)n1.C=CCn1c(=O)c2cnc(Nc3ccc(C4CCC(C(=O)NC5CC5)CC4)cc3)nc2n1-c1cccc(C(C)(C)O)n1.C=CCn1c(=O)c2cnc(Nc3ccc(C4CCC(NS(=C)(C)=O)CC4)cc3)nc2n1-c1cccc(C(C)(C)O)n1.O. The number of fused-ring (bicyclic) bond motifs is 3. The Balaban J connectivity index is 0.000000180. The Labute approximate surface area is 728 Å². The predicted molar refractivity (Wildman–Crippen MR) is 497 cm³/mol. The highest BCUT2D eigenvalue weighted by Crippen LogP contribution is 2.40. The number of nitrogens with zero attached hydrogens (tertiary/aromatic N) is 15. The summed E-state index contributed by atoms with van der Waals surface area (Å²) in [6.45, 7) is 22.1. The summed E-state index contributed by atoms with van der Waals surface area (Å²) in [7, 11) is -2.19. The van der Waals surface area contributed by atoms with Gasteiger partial charge in [0.15, 0.2) is 34.4 Å². The minimum atomic E-state index is -2.19. The maximum absolute atomic E-state index is 13.3. The fourth-order valence-corrected chi connectivity index (χ4v) is 17.2. The fourth-order valence-electron chi connectivity index (χ4n) is 16.2. The smallest absolute Gasteiger partial charge is 0.278 e. The number of rotatable bonds is 26. The number of pyridine rings is 3. The number of aliphatic hydroxyl groups is 3. The molecule has 0 bridgehead atoms. The van der Waals surface area contributed by atoms with E-state index in [1.807, 2.05) is 36.4 Å². The number of aromatic nitrogens is 15. The highest BCUT2D eigenvalue weighted by atomic mass is 32.2. The molecule has 125 heavy (non-hydrogen) atoms. The number of amidine groups is 1. The molecule has 0 spiro atoms. The summed E-state index contributed by atoms with van der Waals surface area (Å²) >= 11 is 0. The molecule has 0 saturated heterocycles. The van der Waals surface area contributed by atoms with Crippen LogP contribution in [0.1, 0.15) is 198 Å². The highest BCUT2D eigenvalue weighted by molar-refractivity contribution is 7.97. The van der Waals surface area contributed by atoms with E-state index in [2.05, 4.69) is 118 Å². The minimum absolute atomic E-state index is 0. The number of carbonyl (C=O) groups excluding carboxylic acids is 1. The number of benzene rings is 3. The second-order valence-electron chi connectivity index (χ2n) is 33.8. The molecular formula is C93H118N22O9S. The Morgan fingerprint density at radius 2 is 0.752 bits per heavy atom.